The molecule has 0 aliphatic heterocycles. The molecule has 0 radical (unpaired) electrons. The van der Waals surface area contributed by atoms with Gasteiger partial charge in [-0.25, -0.2) is 4.98 Å². The molecule has 1 N–H and O–H groups in total. The molecular formula is C9H12N2O2. The number of rotatable bonds is 2. The minimum atomic E-state index is -0.132. The molecule has 0 saturated heterocycles. The van der Waals surface area contributed by atoms with Gasteiger partial charge in [-0.15, -0.1) is 0 Å². The molecule has 70 valence electrons. The maximum atomic E-state index is 11.2. The van der Waals surface area contributed by atoms with E-state index in [1.165, 1.54) is 0 Å². The smallest absolute Gasteiger partial charge is 0.252 e. The molecule has 0 aliphatic carbocycles. The summed E-state index contributed by atoms with van der Waals surface area (Å²) < 4.78 is 4.92. The number of hydrogen-bond donors (Lipinski definition) is 1. The van der Waals surface area contributed by atoms with E-state index in [4.69, 9.17) is 4.74 Å². The zero-order valence-corrected chi connectivity index (χ0v) is 7.92. The third-order valence-electron chi connectivity index (χ3n) is 1.74. The second-order valence-electron chi connectivity index (χ2n) is 2.57. The number of ether oxygens (including phenoxy) is 1. The Balaban J connectivity index is 3.05. The van der Waals surface area contributed by atoms with Crippen LogP contribution in [0.2, 0.25) is 0 Å². The van der Waals surface area contributed by atoms with Crippen LogP contribution in [0.3, 0.4) is 0 Å². The summed E-state index contributed by atoms with van der Waals surface area (Å²) in [5.74, 6) is 0.387. The highest BCUT2D eigenvalue weighted by molar-refractivity contribution is 5.94. The Morgan fingerprint density at radius 1 is 1.54 bits per heavy atom. The van der Waals surface area contributed by atoms with E-state index in [9.17, 15) is 4.79 Å². The summed E-state index contributed by atoms with van der Waals surface area (Å²) in [6.45, 7) is 1.77. The van der Waals surface area contributed by atoms with Crippen LogP contribution in [0.25, 0.3) is 0 Å². The number of carbonyl (C=O) groups excluding carboxylic acids is 1. The van der Waals surface area contributed by atoms with Crippen molar-refractivity contribution < 1.29 is 9.53 Å². The molecule has 1 heterocycles. The molecule has 0 bridgehead atoms. The predicted molar refractivity (Wildman–Crippen MR) is 48.9 cm³/mol. The maximum absolute atomic E-state index is 11.2. The van der Waals surface area contributed by atoms with Gasteiger partial charge in [0.25, 0.3) is 5.91 Å². The van der Waals surface area contributed by atoms with Crippen molar-refractivity contribution in [3.8, 4) is 5.88 Å². The normalized spacial score (nSPS) is 9.46. The van der Waals surface area contributed by atoms with Crippen LogP contribution in [0.4, 0.5) is 0 Å². The first-order valence-electron chi connectivity index (χ1n) is 3.92. The van der Waals surface area contributed by atoms with Gasteiger partial charge in [-0.2, -0.15) is 0 Å². The Morgan fingerprint density at radius 3 is 2.69 bits per heavy atom. The van der Waals surface area contributed by atoms with Gasteiger partial charge in [-0.05, 0) is 13.0 Å². The van der Waals surface area contributed by atoms with Gasteiger partial charge in [0.2, 0.25) is 5.88 Å². The highest BCUT2D eigenvalue weighted by atomic mass is 16.5. The first-order chi connectivity index (χ1) is 6.19. The van der Waals surface area contributed by atoms with Gasteiger partial charge in [-0.3, -0.25) is 4.79 Å². The van der Waals surface area contributed by atoms with Gasteiger partial charge in [0.05, 0.1) is 18.4 Å². The topological polar surface area (TPSA) is 51.2 Å². The summed E-state index contributed by atoms with van der Waals surface area (Å²) in [5, 5.41) is 2.54. The number of hydrogen-bond acceptors (Lipinski definition) is 3. The van der Waals surface area contributed by atoms with Crippen LogP contribution in [0.15, 0.2) is 12.1 Å². The van der Waals surface area contributed by atoms with Crippen molar-refractivity contribution in [3.63, 3.8) is 0 Å². The van der Waals surface area contributed by atoms with Crippen LogP contribution in [-0.4, -0.2) is 25.0 Å². The van der Waals surface area contributed by atoms with Crippen LogP contribution in [0, 0.1) is 6.92 Å². The minimum absolute atomic E-state index is 0.132. The highest BCUT2D eigenvalue weighted by Gasteiger charge is 2.08. The molecule has 0 unspecified atom stereocenters. The molecule has 0 atom stereocenters. The van der Waals surface area contributed by atoms with Gasteiger partial charge in [0.15, 0.2) is 0 Å². The monoisotopic (exact) mass is 180 g/mol. The summed E-state index contributed by atoms with van der Waals surface area (Å²) >= 11 is 0. The van der Waals surface area contributed by atoms with E-state index < -0.39 is 0 Å². The molecule has 4 nitrogen and oxygen atoms in total. The number of aromatic nitrogens is 1. The number of carbonyl (C=O) groups is 1. The predicted octanol–water partition coefficient (Wildman–Crippen LogP) is 0.758. The lowest BCUT2D eigenvalue weighted by Crippen LogP contribution is -2.19. The minimum Gasteiger partial charge on any atom is -0.481 e. The van der Waals surface area contributed by atoms with Crippen molar-refractivity contribution in [2.24, 2.45) is 0 Å². The van der Waals surface area contributed by atoms with Gasteiger partial charge in [0, 0.05) is 13.1 Å². The van der Waals surface area contributed by atoms with Crippen LogP contribution in [0.1, 0.15) is 16.1 Å². The summed E-state index contributed by atoms with van der Waals surface area (Å²) in [5.41, 5.74) is 1.24. The molecule has 0 aliphatic rings. The Kier molecular flexibility index (Phi) is 2.84. The van der Waals surface area contributed by atoms with E-state index >= 15 is 0 Å². The zero-order chi connectivity index (χ0) is 9.84. The molecular weight excluding hydrogens is 168 g/mol. The molecule has 1 aromatic rings. The van der Waals surface area contributed by atoms with Gasteiger partial charge in [0.1, 0.15) is 0 Å². The van der Waals surface area contributed by atoms with E-state index in [1.54, 1.807) is 33.2 Å². The van der Waals surface area contributed by atoms with E-state index in [0.717, 1.165) is 0 Å². The molecule has 13 heavy (non-hydrogen) atoms. The zero-order valence-electron chi connectivity index (χ0n) is 7.92. The average Bonchev–Trinajstić information content (AvgIpc) is 2.16. The number of nitrogens with one attached hydrogen (secondary N) is 1. The molecule has 1 amide bonds. The number of pyridine rings is 1. The molecule has 0 fully saturated rings. The van der Waals surface area contributed by atoms with Crippen molar-refractivity contribution in [1.29, 1.82) is 0 Å². The lowest BCUT2D eigenvalue weighted by Gasteiger charge is -2.04. The van der Waals surface area contributed by atoms with Crippen molar-refractivity contribution >= 4 is 5.91 Å². The molecule has 0 saturated carbocycles. The Bertz CT molecular complexity index is 323. The highest BCUT2D eigenvalue weighted by Crippen LogP contribution is 2.11. The standard InChI is InChI=1S/C9H12N2O2/c1-6-7(9(12)10-2)4-5-8(11-6)13-3/h4-5H,1-3H3,(H,10,12). The third-order valence-corrected chi connectivity index (χ3v) is 1.74. The second kappa shape index (κ2) is 3.89. The van der Waals surface area contributed by atoms with E-state index in [-0.39, 0.29) is 5.91 Å². The molecule has 1 rings (SSSR count). The average molecular weight is 180 g/mol. The summed E-state index contributed by atoms with van der Waals surface area (Å²) in [6.07, 6.45) is 0. The molecule has 1 aromatic heterocycles. The summed E-state index contributed by atoms with van der Waals surface area (Å²) in [4.78, 5) is 15.3. The number of methoxy groups -OCH3 is 1. The van der Waals surface area contributed by atoms with Gasteiger partial charge in [-0.1, -0.05) is 0 Å². The first kappa shape index (κ1) is 9.51. The molecule has 4 heteroatoms. The lowest BCUT2D eigenvalue weighted by atomic mass is 10.2. The molecule has 0 aromatic carbocycles. The number of nitrogens with zero attached hydrogens (tertiary/aromatic N) is 1. The van der Waals surface area contributed by atoms with Gasteiger partial charge < -0.3 is 10.1 Å². The van der Waals surface area contributed by atoms with Crippen LogP contribution in [0.5, 0.6) is 5.88 Å². The van der Waals surface area contributed by atoms with E-state index in [0.29, 0.717) is 17.1 Å². The van der Waals surface area contributed by atoms with Crippen molar-refractivity contribution in [2.75, 3.05) is 14.2 Å². The van der Waals surface area contributed by atoms with Crippen LogP contribution in [-0.2, 0) is 0 Å². The fourth-order valence-electron chi connectivity index (χ4n) is 1.03. The van der Waals surface area contributed by atoms with Crippen molar-refractivity contribution in [2.45, 2.75) is 6.92 Å². The summed E-state index contributed by atoms with van der Waals surface area (Å²) in [6, 6.07) is 3.36. The maximum Gasteiger partial charge on any atom is 0.252 e. The fourth-order valence-corrected chi connectivity index (χ4v) is 1.03. The van der Waals surface area contributed by atoms with E-state index in [1.807, 2.05) is 0 Å². The van der Waals surface area contributed by atoms with Gasteiger partial charge >= 0.3 is 0 Å². The summed E-state index contributed by atoms with van der Waals surface area (Å²) in [7, 11) is 3.13. The number of aryl methyl sites for hydroxylation is 1. The lowest BCUT2D eigenvalue weighted by molar-refractivity contribution is 0.0962. The van der Waals surface area contributed by atoms with Crippen molar-refractivity contribution in [3.05, 3.63) is 23.4 Å². The SMILES string of the molecule is CNC(=O)c1ccc(OC)nc1C. The Morgan fingerprint density at radius 2 is 2.23 bits per heavy atom. The van der Waals surface area contributed by atoms with E-state index in [2.05, 4.69) is 10.3 Å². The third kappa shape index (κ3) is 1.96. The fraction of sp³-hybridized carbons (Fsp3) is 0.333. The molecule has 0 spiro atoms. The van der Waals surface area contributed by atoms with Crippen LogP contribution < -0.4 is 10.1 Å². The second-order valence-corrected chi connectivity index (χ2v) is 2.57. The quantitative estimate of drug-likeness (QED) is 0.731. The largest absolute Gasteiger partial charge is 0.481 e. The Labute approximate surface area is 76.9 Å². The number of amides is 1. The Hall–Kier alpha value is -1.58. The first-order valence-corrected chi connectivity index (χ1v) is 3.92. The van der Waals surface area contributed by atoms with Crippen molar-refractivity contribution in [1.82, 2.24) is 10.3 Å². The van der Waals surface area contributed by atoms with Crippen LogP contribution >= 0.6 is 0 Å².